The number of halogens is 1. The van der Waals surface area contributed by atoms with Gasteiger partial charge < -0.3 is 0 Å². The van der Waals surface area contributed by atoms with Crippen LogP contribution in [0.3, 0.4) is 0 Å². The van der Waals surface area contributed by atoms with Gasteiger partial charge in [0.2, 0.25) is 0 Å². The Morgan fingerprint density at radius 2 is 2.00 bits per heavy atom. The van der Waals surface area contributed by atoms with Gasteiger partial charge in [-0.15, -0.1) is 0 Å². The zero-order valence-corrected chi connectivity index (χ0v) is 10.2. The first-order valence-electron chi connectivity index (χ1n) is 4.86. The maximum Gasteiger partial charge on any atom is 0.137 e. The molecule has 0 bridgehead atoms. The highest BCUT2D eigenvalue weighted by atomic mass is 79.9. The van der Waals surface area contributed by atoms with Crippen LogP contribution in [0.2, 0.25) is 0 Å². The molecule has 3 rings (SSSR count). The van der Waals surface area contributed by atoms with Crippen LogP contribution in [0.25, 0.3) is 16.8 Å². The topological polar surface area (TPSA) is 35.1 Å². The average molecular weight is 277 g/mol. The fourth-order valence-corrected chi connectivity index (χ4v) is 2.08. The summed E-state index contributed by atoms with van der Waals surface area (Å²) in [7, 11) is 1.91. The Morgan fingerprint density at radius 3 is 2.75 bits per heavy atom. The molecular formula is C11H9BrN4. The van der Waals surface area contributed by atoms with Crippen LogP contribution in [0.1, 0.15) is 0 Å². The second-order valence-electron chi connectivity index (χ2n) is 3.63. The zero-order valence-electron chi connectivity index (χ0n) is 8.63. The third-order valence-corrected chi connectivity index (χ3v) is 3.09. The van der Waals surface area contributed by atoms with E-state index in [2.05, 4.69) is 26.0 Å². The summed E-state index contributed by atoms with van der Waals surface area (Å²) < 4.78 is 4.75. The van der Waals surface area contributed by atoms with Gasteiger partial charge in [0.1, 0.15) is 10.3 Å². The van der Waals surface area contributed by atoms with Crippen LogP contribution in [0.4, 0.5) is 0 Å². The first-order chi connectivity index (χ1) is 7.74. The van der Waals surface area contributed by atoms with Gasteiger partial charge in [-0.3, -0.25) is 9.08 Å². The van der Waals surface area contributed by atoms with Gasteiger partial charge in [0, 0.05) is 30.6 Å². The van der Waals surface area contributed by atoms with Gasteiger partial charge >= 0.3 is 0 Å². The zero-order chi connectivity index (χ0) is 11.1. The summed E-state index contributed by atoms with van der Waals surface area (Å²) >= 11 is 3.46. The van der Waals surface area contributed by atoms with Crippen LogP contribution in [-0.4, -0.2) is 19.2 Å². The van der Waals surface area contributed by atoms with Crippen molar-refractivity contribution in [2.24, 2.45) is 7.05 Å². The van der Waals surface area contributed by atoms with Crippen LogP contribution in [0.15, 0.2) is 41.5 Å². The van der Waals surface area contributed by atoms with E-state index >= 15 is 0 Å². The van der Waals surface area contributed by atoms with Gasteiger partial charge in [0.25, 0.3) is 0 Å². The summed E-state index contributed by atoms with van der Waals surface area (Å²) in [6.45, 7) is 0. The van der Waals surface area contributed by atoms with Crippen LogP contribution in [0.5, 0.6) is 0 Å². The molecule has 5 heteroatoms. The Bertz CT molecular complexity index is 653. The van der Waals surface area contributed by atoms with Crippen molar-refractivity contribution < 1.29 is 0 Å². The predicted octanol–water partition coefficient (Wildman–Crippen LogP) is 2.50. The van der Waals surface area contributed by atoms with Gasteiger partial charge in [-0.25, -0.2) is 4.98 Å². The van der Waals surface area contributed by atoms with E-state index in [4.69, 9.17) is 0 Å². The van der Waals surface area contributed by atoms with Crippen molar-refractivity contribution in [1.82, 2.24) is 19.2 Å². The van der Waals surface area contributed by atoms with Crippen molar-refractivity contribution in [2.45, 2.75) is 0 Å². The minimum absolute atomic E-state index is 0.930. The molecule has 0 amide bonds. The van der Waals surface area contributed by atoms with Gasteiger partial charge in [-0.2, -0.15) is 5.10 Å². The minimum atomic E-state index is 0.930. The van der Waals surface area contributed by atoms with Crippen molar-refractivity contribution in [2.75, 3.05) is 0 Å². The quantitative estimate of drug-likeness (QED) is 0.685. The lowest BCUT2D eigenvalue weighted by molar-refractivity contribution is 0.768. The minimum Gasteiger partial charge on any atom is -0.294 e. The molecule has 0 aliphatic carbocycles. The predicted molar refractivity (Wildman–Crippen MR) is 65.1 cm³/mol. The van der Waals surface area contributed by atoms with E-state index in [1.165, 1.54) is 0 Å². The first-order valence-corrected chi connectivity index (χ1v) is 5.65. The number of hydrogen-bond acceptors (Lipinski definition) is 2. The Morgan fingerprint density at radius 1 is 1.12 bits per heavy atom. The first kappa shape index (κ1) is 9.59. The molecule has 0 radical (unpaired) electrons. The molecule has 0 spiro atoms. The molecule has 0 unspecified atom stereocenters. The number of pyridine rings is 1. The summed E-state index contributed by atoms with van der Waals surface area (Å²) in [6, 6.07) is 4.04. The van der Waals surface area contributed by atoms with E-state index in [9.17, 15) is 0 Å². The smallest absolute Gasteiger partial charge is 0.137 e. The van der Waals surface area contributed by atoms with Crippen LogP contribution >= 0.6 is 15.9 Å². The van der Waals surface area contributed by atoms with Gasteiger partial charge in [0.05, 0.1) is 12.4 Å². The lowest BCUT2D eigenvalue weighted by Crippen LogP contribution is -1.86. The van der Waals surface area contributed by atoms with Crippen LogP contribution < -0.4 is 0 Å². The molecule has 0 aliphatic heterocycles. The second-order valence-corrected chi connectivity index (χ2v) is 4.44. The monoisotopic (exact) mass is 276 g/mol. The Balaban J connectivity index is 2.21. The third-order valence-electron chi connectivity index (χ3n) is 2.50. The highest BCUT2D eigenvalue weighted by molar-refractivity contribution is 9.10. The highest BCUT2D eigenvalue weighted by Crippen LogP contribution is 2.21. The van der Waals surface area contributed by atoms with Crippen molar-refractivity contribution in [3.63, 3.8) is 0 Å². The fraction of sp³-hybridized carbons (Fsp3) is 0.0909. The SMILES string of the molecule is Cn1cc(-c2ccc3ncc(Br)n3c2)cn1. The molecule has 3 aromatic rings. The van der Waals surface area contributed by atoms with Gasteiger partial charge in [-0.1, -0.05) is 0 Å². The lowest BCUT2D eigenvalue weighted by atomic mass is 10.2. The van der Waals surface area contributed by atoms with Crippen molar-refractivity contribution in [3.8, 4) is 11.1 Å². The molecule has 16 heavy (non-hydrogen) atoms. The molecule has 0 N–H and O–H groups in total. The summed E-state index contributed by atoms with van der Waals surface area (Å²) in [4.78, 5) is 4.25. The molecular weight excluding hydrogens is 268 g/mol. The number of imidazole rings is 1. The number of fused-ring (bicyclic) bond motifs is 1. The molecule has 0 atom stereocenters. The number of hydrogen-bond donors (Lipinski definition) is 0. The van der Waals surface area contributed by atoms with Crippen molar-refractivity contribution in [1.29, 1.82) is 0 Å². The van der Waals surface area contributed by atoms with Crippen molar-refractivity contribution in [3.05, 3.63) is 41.5 Å². The van der Waals surface area contributed by atoms with Crippen LogP contribution in [-0.2, 0) is 7.05 Å². The third kappa shape index (κ3) is 1.44. The van der Waals surface area contributed by atoms with Crippen LogP contribution in [0, 0.1) is 0 Å². The average Bonchev–Trinajstić information content (AvgIpc) is 2.86. The normalized spacial score (nSPS) is 11.1. The standard InChI is InChI=1S/C11H9BrN4/c1-15-6-9(4-14-15)8-2-3-11-13-5-10(12)16(11)7-8/h2-7H,1H3. The molecule has 3 aromatic heterocycles. The maximum absolute atomic E-state index is 4.25. The second kappa shape index (κ2) is 3.45. The maximum atomic E-state index is 4.25. The highest BCUT2D eigenvalue weighted by Gasteiger charge is 2.04. The molecule has 0 saturated carbocycles. The van der Waals surface area contributed by atoms with Gasteiger partial charge in [0.15, 0.2) is 0 Å². The largest absolute Gasteiger partial charge is 0.294 e. The van der Waals surface area contributed by atoms with Gasteiger partial charge in [-0.05, 0) is 28.1 Å². The molecule has 0 saturated heterocycles. The Hall–Kier alpha value is -1.62. The number of aromatic nitrogens is 4. The Labute approximate surface area is 101 Å². The van der Waals surface area contributed by atoms with E-state index in [-0.39, 0.29) is 0 Å². The summed E-state index contributed by atoms with van der Waals surface area (Å²) in [5.41, 5.74) is 3.16. The molecule has 0 aromatic carbocycles. The summed E-state index contributed by atoms with van der Waals surface area (Å²) in [6.07, 6.45) is 7.68. The number of rotatable bonds is 1. The summed E-state index contributed by atoms with van der Waals surface area (Å²) in [5.74, 6) is 0. The van der Waals surface area contributed by atoms with E-state index < -0.39 is 0 Å². The number of nitrogens with zero attached hydrogens (tertiary/aromatic N) is 4. The molecule has 0 aliphatic rings. The van der Waals surface area contributed by atoms with E-state index in [0.717, 1.165) is 21.4 Å². The fourth-order valence-electron chi connectivity index (χ4n) is 1.69. The number of aryl methyl sites for hydroxylation is 1. The summed E-state index contributed by atoms with van der Waals surface area (Å²) in [5, 5.41) is 4.16. The lowest BCUT2D eigenvalue weighted by Gasteiger charge is -1.99. The van der Waals surface area contributed by atoms with Crippen molar-refractivity contribution >= 4 is 21.6 Å². The van der Waals surface area contributed by atoms with E-state index in [1.807, 2.05) is 42.2 Å². The van der Waals surface area contributed by atoms with E-state index in [1.54, 1.807) is 10.9 Å². The molecule has 80 valence electrons. The van der Waals surface area contributed by atoms with E-state index in [0.29, 0.717) is 0 Å². The molecule has 4 nitrogen and oxygen atoms in total. The molecule has 0 fully saturated rings. The molecule has 3 heterocycles. The Kier molecular flexibility index (Phi) is 2.07.